The lowest BCUT2D eigenvalue weighted by molar-refractivity contribution is -0.385. The summed E-state index contributed by atoms with van der Waals surface area (Å²) in [7, 11) is 0. The number of aryl methyl sites for hydroxylation is 2. The van der Waals surface area contributed by atoms with Crippen LogP contribution in [0.4, 0.5) is 5.69 Å². The number of allylic oxidation sites excluding steroid dienone is 1. The minimum absolute atomic E-state index is 0.00379. The molecule has 2 heterocycles. The molecule has 3 aromatic rings. The third-order valence-electron chi connectivity index (χ3n) is 4.48. The quantitative estimate of drug-likeness (QED) is 0.327. The van der Waals surface area contributed by atoms with Gasteiger partial charge in [0.25, 0.3) is 5.69 Å². The Labute approximate surface area is 159 Å². The highest BCUT2D eigenvalue weighted by Gasteiger charge is 2.25. The molecule has 0 aliphatic carbocycles. The number of benzene rings is 2. The second-order valence-corrected chi connectivity index (χ2v) is 7.43. The number of nitro benzene ring substituents is 1. The van der Waals surface area contributed by atoms with Crippen LogP contribution in [0.5, 0.6) is 0 Å². The lowest BCUT2D eigenvalue weighted by Crippen LogP contribution is -1.94. The number of rotatable bonds is 3. The maximum atomic E-state index is 12.5. The van der Waals surface area contributed by atoms with Crippen molar-refractivity contribution in [1.29, 1.82) is 0 Å². The van der Waals surface area contributed by atoms with Crippen molar-refractivity contribution in [2.24, 2.45) is 0 Å². The fourth-order valence-electron chi connectivity index (χ4n) is 3.10. The number of fused-ring (bicyclic) bond motifs is 1. The highest BCUT2D eigenvalue weighted by Crippen LogP contribution is 2.41. The van der Waals surface area contributed by atoms with Crippen LogP contribution in [0.1, 0.15) is 27.2 Å². The zero-order valence-corrected chi connectivity index (χ0v) is 15.5. The first-order valence-electron chi connectivity index (χ1n) is 8.33. The van der Waals surface area contributed by atoms with Gasteiger partial charge in [0.2, 0.25) is 5.78 Å². The number of carbonyl (C=O) groups is 1. The van der Waals surface area contributed by atoms with E-state index in [4.69, 9.17) is 4.42 Å². The van der Waals surface area contributed by atoms with Crippen LogP contribution >= 0.6 is 11.8 Å². The molecule has 1 aliphatic rings. The molecule has 0 fully saturated rings. The standard InChI is InChI=1S/C21H15NO4S/c1-12-10-17(22(24)25)13(2)9-16(12)18-8-7-14(26-18)11-20-21(23)15-5-3-4-6-19(15)27-20/h3-11H,1-2H3. The molecule has 27 heavy (non-hydrogen) atoms. The van der Waals surface area contributed by atoms with Gasteiger partial charge in [-0.2, -0.15) is 0 Å². The number of thioether (sulfide) groups is 1. The summed E-state index contributed by atoms with van der Waals surface area (Å²) in [5.41, 5.74) is 2.95. The molecule has 4 rings (SSSR count). The van der Waals surface area contributed by atoms with E-state index in [1.807, 2.05) is 37.3 Å². The molecule has 0 amide bonds. The average molecular weight is 377 g/mol. The van der Waals surface area contributed by atoms with E-state index in [9.17, 15) is 14.9 Å². The molecule has 134 valence electrons. The molecular weight excluding hydrogens is 362 g/mol. The van der Waals surface area contributed by atoms with Crippen molar-refractivity contribution in [2.45, 2.75) is 18.7 Å². The van der Waals surface area contributed by atoms with Crippen LogP contribution in [-0.2, 0) is 0 Å². The number of nitro groups is 1. The Morgan fingerprint density at radius 1 is 1.04 bits per heavy atom. The lowest BCUT2D eigenvalue weighted by atomic mass is 10.0. The van der Waals surface area contributed by atoms with Crippen molar-refractivity contribution in [3.05, 3.63) is 86.0 Å². The maximum absolute atomic E-state index is 12.5. The van der Waals surface area contributed by atoms with Crippen LogP contribution in [0.3, 0.4) is 0 Å². The fourth-order valence-corrected chi connectivity index (χ4v) is 4.14. The van der Waals surface area contributed by atoms with Crippen LogP contribution < -0.4 is 0 Å². The summed E-state index contributed by atoms with van der Waals surface area (Å²) in [6.45, 7) is 3.52. The summed E-state index contributed by atoms with van der Waals surface area (Å²) in [4.78, 5) is 24.7. The Kier molecular flexibility index (Phi) is 4.20. The van der Waals surface area contributed by atoms with Crippen molar-refractivity contribution in [1.82, 2.24) is 0 Å². The summed E-state index contributed by atoms with van der Waals surface area (Å²) in [6, 6.07) is 14.4. The number of nitrogens with zero attached hydrogens (tertiary/aromatic N) is 1. The molecule has 2 aromatic carbocycles. The van der Waals surface area contributed by atoms with Gasteiger partial charge in [-0.25, -0.2) is 0 Å². The minimum atomic E-state index is -0.384. The zero-order valence-electron chi connectivity index (χ0n) is 14.7. The molecule has 5 nitrogen and oxygen atoms in total. The lowest BCUT2D eigenvalue weighted by Gasteiger charge is -2.05. The van der Waals surface area contributed by atoms with Gasteiger partial charge in [-0.05, 0) is 55.8 Å². The highest BCUT2D eigenvalue weighted by atomic mass is 32.2. The smallest absolute Gasteiger partial charge is 0.272 e. The molecule has 0 saturated carbocycles. The van der Waals surface area contributed by atoms with E-state index in [-0.39, 0.29) is 16.4 Å². The Morgan fingerprint density at radius 2 is 1.81 bits per heavy atom. The van der Waals surface area contributed by atoms with Crippen LogP contribution in [0.2, 0.25) is 0 Å². The largest absolute Gasteiger partial charge is 0.457 e. The number of hydrogen-bond acceptors (Lipinski definition) is 5. The van der Waals surface area contributed by atoms with Gasteiger partial charge in [0.05, 0.1) is 9.83 Å². The molecule has 0 unspecified atom stereocenters. The van der Waals surface area contributed by atoms with Crippen molar-refractivity contribution in [2.75, 3.05) is 0 Å². The SMILES string of the molecule is Cc1cc([N+](=O)[O-])c(C)cc1-c1ccc(C=C2Sc3ccccc3C2=O)o1. The summed E-state index contributed by atoms with van der Waals surface area (Å²) in [6.07, 6.45) is 1.74. The van der Waals surface area contributed by atoms with Crippen molar-refractivity contribution in [3.8, 4) is 11.3 Å². The number of carbonyl (C=O) groups excluding carboxylic acids is 1. The fraction of sp³-hybridized carbons (Fsp3) is 0.0952. The Hall–Kier alpha value is -3.12. The van der Waals surface area contributed by atoms with E-state index < -0.39 is 0 Å². The van der Waals surface area contributed by atoms with E-state index in [1.54, 1.807) is 31.2 Å². The Bertz CT molecular complexity index is 1130. The molecule has 0 bridgehead atoms. The average Bonchev–Trinajstić information content (AvgIpc) is 3.22. The number of Topliss-reactive ketones (excluding diaryl/α,β-unsaturated/α-hetero) is 1. The van der Waals surface area contributed by atoms with Gasteiger partial charge in [-0.1, -0.05) is 23.9 Å². The van der Waals surface area contributed by atoms with Crippen LogP contribution in [0, 0.1) is 24.0 Å². The molecule has 0 radical (unpaired) electrons. The second-order valence-electron chi connectivity index (χ2n) is 6.35. The number of hydrogen-bond donors (Lipinski definition) is 0. The van der Waals surface area contributed by atoms with E-state index in [0.29, 0.717) is 27.6 Å². The molecule has 0 saturated heterocycles. The van der Waals surface area contributed by atoms with Crippen molar-refractivity contribution in [3.63, 3.8) is 0 Å². The van der Waals surface area contributed by atoms with Gasteiger partial charge in [0.15, 0.2) is 0 Å². The minimum Gasteiger partial charge on any atom is -0.457 e. The number of furan rings is 1. The first kappa shape index (κ1) is 17.3. The Balaban J connectivity index is 1.67. The van der Waals surface area contributed by atoms with Crippen molar-refractivity contribution >= 4 is 29.3 Å². The van der Waals surface area contributed by atoms with Gasteiger partial charge >= 0.3 is 0 Å². The van der Waals surface area contributed by atoms with E-state index in [0.717, 1.165) is 16.0 Å². The topological polar surface area (TPSA) is 73.3 Å². The molecule has 0 spiro atoms. The first-order valence-corrected chi connectivity index (χ1v) is 9.15. The van der Waals surface area contributed by atoms with Gasteiger partial charge in [-0.3, -0.25) is 14.9 Å². The normalized spacial score (nSPS) is 14.6. The van der Waals surface area contributed by atoms with Gasteiger partial charge in [-0.15, -0.1) is 0 Å². The predicted octanol–water partition coefficient (Wildman–Crippen LogP) is 5.80. The molecule has 0 N–H and O–H groups in total. The van der Waals surface area contributed by atoms with Crippen LogP contribution in [0.15, 0.2) is 62.7 Å². The van der Waals surface area contributed by atoms with Gasteiger partial charge in [0, 0.05) is 27.7 Å². The maximum Gasteiger partial charge on any atom is 0.272 e. The zero-order chi connectivity index (χ0) is 19.1. The third-order valence-corrected chi connectivity index (χ3v) is 5.58. The summed E-state index contributed by atoms with van der Waals surface area (Å²) in [5.74, 6) is 1.19. The molecule has 0 atom stereocenters. The summed E-state index contributed by atoms with van der Waals surface area (Å²) < 4.78 is 5.90. The molecule has 1 aliphatic heterocycles. The van der Waals surface area contributed by atoms with E-state index in [1.165, 1.54) is 11.8 Å². The molecular formula is C21H15NO4S. The van der Waals surface area contributed by atoms with Gasteiger partial charge < -0.3 is 4.42 Å². The van der Waals surface area contributed by atoms with Gasteiger partial charge in [0.1, 0.15) is 11.5 Å². The second kappa shape index (κ2) is 6.55. The first-order chi connectivity index (χ1) is 12.9. The van der Waals surface area contributed by atoms with E-state index in [2.05, 4.69) is 0 Å². The summed E-state index contributed by atoms with van der Waals surface area (Å²) >= 11 is 1.43. The van der Waals surface area contributed by atoms with E-state index >= 15 is 0 Å². The summed E-state index contributed by atoms with van der Waals surface area (Å²) in [5, 5.41) is 11.1. The van der Waals surface area contributed by atoms with Crippen LogP contribution in [-0.4, -0.2) is 10.7 Å². The Morgan fingerprint density at radius 3 is 2.56 bits per heavy atom. The predicted molar refractivity (Wildman–Crippen MR) is 105 cm³/mol. The number of ketones is 1. The van der Waals surface area contributed by atoms with Crippen LogP contribution in [0.25, 0.3) is 17.4 Å². The monoisotopic (exact) mass is 377 g/mol. The highest BCUT2D eigenvalue weighted by molar-refractivity contribution is 8.04. The molecule has 6 heteroatoms. The third kappa shape index (κ3) is 3.08. The van der Waals surface area contributed by atoms with Crippen molar-refractivity contribution < 1.29 is 14.1 Å². The molecule has 1 aromatic heterocycles.